The van der Waals surface area contributed by atoms with E-state index < -0.39 is 5.60 Å². The molecule has 27 heavy (non-hydrogen) atoms. The van der Waals surface area contributed by atoms with E-state index in [4.69, 9.17) is 16.3 Å². The molecule has 144 valence electrons. The van der Waals surface area contributed by atoms with Gasteiger partial charge in [-0.15, -0.1) is 0 Å². The Morgan fingerprint density at radius 1 is 1.11 bits per heavy atom. The maximum Gasteiger partial charge on any atom is 0.128 e. The first-order valence-electron chi connectivity index (χ1n) is 10.1. The summed E-state index contributed by atoms with van der Waals surface area (Å²) in [7, 11) is 1.74. The molecule has 0 spiro atoms. The molecule has 1 aliphatic carbocycles. The van der Waals surface area contributed by atoms with Crippen molar-refractivity contribution in [3.8, 4) is 5.75 Å². The van der Waals surface area contributed by atoms with Gasteiger partial charge in [-0.25, -0.2) is 0 Å². The van der Waals surface area contributed by atoms with Gasteiger partial charge in [0.05, 0.1) is 24.8 Å². The Balaban J connectivity index is 1.74. The number of quaternary nitrogens is 1. The predicted octanol–water partition coefficient (Wildman–Crippen LogP) is 3.80. The lowest BCUT2D eigenvalue weighted by Crippen LogP contribution is -3.13. The van der Waals surface area contributed by atoms with E-state index in [2.05, 4.69) is 24.3 Å². The molecule has 1 aliphatic heterocycles. The maximum atomic E-state index is 11.4. The second-order valence-corrected chi connectivity index (χ2v) is 8.51. The number of fused-ring (bicyclic) bond motifs is 1. The van der Waals surface area contributed by atoms with Gasteiger partial charge in [-0.2, -0.15) is 0 Å². The Morgan fingerprint density at radius 2 is 1.89 bits per heavy atom. The molecule has 1 heterocycles. The Kier molecular flexibility index (Phi) is 5.45. The van der Waals surface area contributed by atoms with Gasteiger partial charge >= 0.3 is 0 Å². The number of aliphatic hydroxyl groups is 1. The molecule has 3 nitrogen and oxygen atoms in total. The van der Waals surface area contributed by atoms with Crippen LogP contribution in [0.15, 0.2) is 48.5 Å². The van der Waals surface area contributed by atoms with E-state index in [-0.39, 0.29) is 12.0 Å². The third kappa shape index (κ3) is 3.61. The molecule has 1 saturated heterocycles. The summed E-state index contributed by atoms with van der Waals surface area (Å²) < 4.78 is 5.71. The van der Waals surface area contributed by atoms with Gasteiger partial charge in [0.25, 0.3) is 0 Å². The summed E-state index contributed by atoms with van der Waals surface area (Å²) in [6.07, 6.45) is 5.18. The summed E-state index contributed by atoms with van der Waals surface area (Å²) in [6, 6.07) is 16.7. The topological polar surface area (TPSA) is 33.9 Å². The molecule has 2 fully saturated rings. The highest BCUT2D eigenvalue weighted by molar-refractivity contribution is 6.31. The maximum absolute atomic E-state index is 11.4. The van der Waals surface area contributed by atoms with Gasteiger partial charge in [0.1, 0.15) is 18.3 Å². The first kappa shape index (κ1) is 18.8. The van der Waals surface area contributed by atoms with Gasteiger partial charge < -0.3 is 14.7 Å². The Labute approximate surface area is 166 Å². The van der Waals surface area contributed by atoms with E-state index in [1.807, 2.05) is 24.3 Å². The van der Waals surface area contributed by atoms with Crippen LogP contribution in [0.4, 0.5) is 0 Å². The minimum atomic E-state index is -0.548. The van der Waals surface area contributed by atoms with Gasteiger partial charge in [-0.05, 0) is 31.0 Å². The van der Waals surface area contributed by atoms with Crippen LogP contribution in [0.1, 0.15) is 49.3 Å². The SMILES string of the molecule is COc1ccccc1[C@@H]1[C@H]2CCCC[C@]2(O)CC[NH+]1Cc1ccccc1Cl. The minimum Gasteiger partial charge on any atom is -0.496 e. The average molecular weight is 387 g/mol. The molecule has 2 aliphatic rings. The van der Waals surface area contributed by atoms with Crippen molar-refractivity contribution in [3.63, 3.8) is 0 Å². The smallest absolute Gasteiger partial charge is 0.128 e. The van der Waals surface area contributed by atoms with E-state index in [9.17, 15) is 5.11 Å². The average Bonchev–Trinajstić information content (AvgIpc) is 2.69. The number of rotatable bonds is 4. The molecule has 4 atom stereocenters. The molecule has 2 aromatic rings. The molecule has 0 radical (unpaired) electrons. The van der Waals surface area contributed by atoms with Crippen molar-refractivity contribution in [1.29, 1.82) is 0 Å². The molecule has 4 heteroatoms. The van der Waals surface area contributed by atoms with Crippen molar-refractivity contribution >= 4 is 11.6 Å². The van der Waals surface area contributed by atoms with E-state index in [1.54, 1.807) is 7.11 Å². The van der Waals surface area contributed by atoms with Crippen molar-refractivity contribution in [3.05, 3.63) is 64.7 Å². The van der Waals surface area contributed by atoms with E-state index in [0.29, 0.717) is 0 Å². The summed E-state index contributed by atoms with van der Waals surface area (Å²) in [5, 5.41) is 12.3. The van der Waals surface area contributed by atoms with Crippen LogP contribution in [0.5, 0.6) is 5.75 Å². The monoisotopic (exact) mass is 386 g/mol. The Hall–Kier alpha value is -1.55. The first-order chi connectivity index (χ1) is 13.1. The summed E-state index contributed by atoms with van der Waals surface area (Å²) in [6.45, 7) is 1.82. The van der Waals surface area contributed by atoms with Crippen LogP contribution in [-0.4, -0.2) is 24.4 Å². The second-order valence-electron chi connectivity index (χ2n) is 8.10. The zero-order chi connectivity index (χ0) is 18.9. The van der Waals surface area contributed by atoms with Crippen LogP contribution < -0.4 is 9.64 Å². The molecule has 0 aromatic heterocycles. The highest BCUT2D eigenvalue weighted by atomic mass is 35.5. The fraction of sp³-hybridized carbons (Fsp3) is 0.478. The van der Waals surface area contributed by atoms with Gasteiger partial charge in [-0.3, -0.25) is 0 Å². The van der Waals surface area contributed by atoms with Crippen molar-refractivity contribution in [2.45, 2.75) is 50.3 Å². The third-order valence-electron chi connectivity index (χ3n) is 6.64. The zero-order valence-corrected chi connectivity index (χ0v) is 16.7. The van der Waals surface area contributed by atoms with Crippen molar-refractivity contribution in [2.24, 2.45) is 5.92 Å². The summed E-state index contributed by atoms with van der Waals surface area (Å²) in [4.78, 5) is 1.48. The lowest BCUT2D eigenvalue weighted by Gasteiger charge is -2.50. The lowest BCUT2D eigenvalue weighted by atomic mass is 9.66. The van der Waals surface area contributed by atoms with Crippen molar-refractivity contribution < 1.29 is 14.7 Å². The van der Waals surface area contributed by atoms with Crippen LogP contribution >= 0.6 is 11.6 Å². The summed E-state index contributed by atoms with van der Waals surface area (Å²) in [5.41, 5.74) is 1.84. The third-order valence-corrected chi connectivity index (χ3v) is 7.00. The molecule has 4 rings (SSSR count). The van der Waals surface area contributed by atoms with Crippen molar-refractivity contribution in [1.82, 2.24) is 0 Å². The summed E-state index contributed by atoms with van der Waals surface area (Å²) >= 11 is 6.47. The van der Waals surface area contributed by atoms with Crippen LogP contribution in [-0.2, 0) is 6.54 Å². The molecule has 2 aromatic carbocycles. The number of benzene rings is 2. The number of para-hydroxylation sites is 1. The quantitative estimate of drug-likeness (QED) is 0.838. The highest BCUT2D eigenvalue weighted by Crippen LogP contribution is 2.45. The van der Waals surface area contributed by atoms with Crippen LogP contribution in [0.3, 0.4) is 0 Å². The van der Waals surface area contributed by atoms with Crippen LogP contribution in [0, 0.1) is 5.92 Å². The van der Waals surface area contributed by atoms with Gasteiger partial charge in [-0.1, -0.05) is 54.8 Å². The standard InChI is InChI=1S/C23H28ClNO2/c1-27-21-12-5-3-9-18(21)22-19-10-6-7-13-23(19,26)14-15-25(22)16-17-8-2-4-11-20(17)24/h2-5,8-9,11-12,19,22,26H,6-7,10,13-16H2,1H3/p+1/t19-,22-,23+/m1/s1. The second kappa shape index (κ2) is 7.83. The van der Waals surface area contributed by atoms with E-state index in [1.165, 1.54) is 22.4 Å². The molecular weight excluding hydrogens is 358 g/mol. The fourth-order valence-corrected chi connectivity index (χ4v) is 5.50. The number of nitrogens with one attached hydrogen (secondary N) is 1. The van der Waals surface area contributed by atoms with Gasteiger partial charge in [0, 0.05) is 22.9 Å². The Morgan fingerprint density at radius 3 is 2.70 bits per heavy atom. The molecule has 1 saturated carbocycles. The lowest BCUT2D eigenvalue weighted by molar-refractivity contribution is -0.958. The Bertz CT molecular complexity index is 795. The molecule has 0 amide bonds. The van der Waals surface area contributed by atoms with Crippen molar-refractivity contribution in [2.75, 3.05) is 13.7 Å². The molecule has 1 unspecified atom stereocenters. The molecule has 0 bridgehead atoms. The normalized spacial score (nSPS) is 30.6. The number of hydrogen-bond acceptors (Lipinski definition) is 2. The minimum absolute atomic E-state index is 0.219. The van der Waals surface area contributed by atoms with E-state index in [0.717, 1.165) is 49.5 Å². The largest absolute Gasteiger partial charge is 0.496 e. The molecular formula is C23H29ClNO2+. The molecule has 2 N–H and O–H groups in total. The number of piperidine rings is 1. The number of likely N-dealkylation sites (tertiary alicyclic amines) is 1. The van der Waals surface area contributed by atoms with Gasteiger partial charge in [0.2, 0.25) is 0 Å². The first-order valence-corrected chi connectivity index (χ1v) is 10.4. The number of halogens is 1. The van der Waals surface area contributed by atoms with Gasteiger partial charge in [0.15, 0.2) is 0 Å². The van der Waals surface area contributed by atoms with E-state index >= 15 is 0 Å². The number of methoxy groups -OCH3 is 1. The zero-order valence-electron chi connectivity index (χ0n) is 16.0. The number of hydrogen-bond donors (Lipinski definition) is 2. The highest BCUT2D eigenvalue weighted by Gasteiger charge is 2.52. The summed E-state index contributed by atoms with van der Waals surface area (Å²) in [5.74, 6) is 1.18. The van der Waals surface area contributed by atoms with Crippen LogP contribution in [0.2, 0.25) is 5.02 Å². The predicted molar refractivity (Wildman–Crippen MR) is 108 cm³/mol. The number of ether oxygens (including phenoxy) is 1. The van der Waals surface area contributed by atoms with Crippen LogP contribution in [0.25, 0.3) is 0 Å². The fourth-order valence-electron chi connectivity index (χ4n) is 5.30.